The summed E-state index contributed by atoms with van der Waals surface area (Å²) >= 11 is 0. The summed E-state index contributed by atoms with van der Waals surface area (Å²) in [5.41, 5.74) is -0.394. The minimum Gasteiger partial charge on any atom is -0.396 e. The van der Waals surface area contributed by atoms with Crippen molar-refractivity contribution in [2.24, 2.45) is 5.92 Å². The van der Waals surface area contributed by atoms with Gasteiger partial charge in [-0.25, -0.2) is 0 Å². The van der Waals surface area contributed by atoms with Gasteiger partial charge in [0, 0.05) is 32.7 Å². The molecule has 0 saturated carbocycles. The second-order valence-corrected chi connectivity index (χ2v) is 4.82. The molecule has 0 aliphatic carbocycles. The van der Waals surface area contributed by atoms with Gasteiger partial charge in [-0.15, -0.1) is 0 Å². The van der Waals surface area contributed by atoms with E-state index in [0.717, 1.165) is 13.0 Å². The second kappa shape index (κ2) is 4.94. The van der Waals surface area contributed by atoms with E-state index in [2.05, 4.69) is 0 Å². The van der Waals surface area contributed by atoms with Gasteiger partial charge in [0.15, 0.2) is 0 Å². The summed E-state index contributed by atoms with van der Waals surface area (Å²) in [5, 5.41) is 8.98. The highest BCUT2D eigenvalue weighted by molar-refractivity contribution is 5.77. The Labute approximate surface area is 91.2 Å². The predicted octanol–water partition coefficient (Wildman–Crippen LogP) is 0.642. The van der Waals surface area contributed by atoms with Gasteiger partial charge in [0.25, 0.3) is 0 Å². The molecule has 1 unspecified atom stereocenters. The average Bonchev–Trinajstić information content (AvgIpc) is 2.65. The Morgan fingerprint density at radius 3 is 2.73 bits per heavy atom. The first-order valence-corrected chi connectivity index (χ1v) is 5.42. The fourth-order valence-electron chi connectivity index (χ4n) is 1.76. The van der Waals surface area contributed by atoms with Crippen LogP contribution in [0.25, 0.3) is 0 Å². The highest BCUT2D eigenvalue weighted by atomic mass is 16.5. The van der Waals surface area contributed by atoms with Crippen LogP contribution in [-0.4, -0.2) is 48.3 Å². The number of amides is 1. The van der Waals surface area contributed by atoms with E-state index < -0.39 is 5.60 Å². The van der Waals surface area contributed by atoms with Gasteiger partial charge in [-0.2, -0.15) is 0 Å². The number of hydrogen-bond donors (Lipinski definition) is 1. The number of rotatable bonds is 4. The Balaban J connectivity index is 2.42. The van der Waals surface area contributed by atoms with Crippen LogP contribution in [0.3, 0.4) is 0 Å². The largest absolute Gasteiger partial charge is 0.396 e. The zero-order valence-corrected chi connectivity index (χ0v) is 9.82. The van der Waals surface area contributed by atoms with Crippen molar-refractivity contribution in [3.05, 3.63) is 0 Å². The number of hydrogen-bond acceptors (Lipinski definition) is 3. The maximum Gasteiger partial charge on any atom is 0.225 e. The van der Waals surface area contributed by atoms with Crippen molar-refractivity contribution in [2.75, 3.05) is 26.8 Å². The topological polar surface area (TPSA) is 49.8 Å². The monoisotopic (exact) mass is 215 g/mol. The van der Waals surface area contributed by atoms with Gasteiger partial charge in [0.2, 0.25) is 5.91 Å². The van der Waals surface area contributed by atoms with Gasteiger partial charge in [-0.05, 0) is 20.3 Å². The molecular weight excluding hydrogens is 194 g/mol. The van der Waals surface area contributed by atoms with Crippen LogP contribution < -0.4 is 0 Å². The zero-order valence-electron chi connectivity index (χ0n) is 9.82. The number of ether oxygens (including phenoxy) is 1. The second-order valence-electron chi connectivity index (χ2n) is 4.82. The fourth-order valence-corrected chi connectivity index (χ4v) is 1.76. The molecule has 1 heterocycles. The molecule has 0 aromatic rings. The molecule has 1 rings (SSSR count). The third kappa shape index (κ3) is 3.47. The Bertz CT molecular complexity index is 228. The van der Waals surface area contributed by atoms with Crippen molar-refractivity contribution < 1.29 is 14.6 Å². The van der Waals surface area contributed by atoms with E-state index >= 15 is 0 Å². The van der Waals surface area contributed by atoms with Gasteiger partial charge in [-0.3, -0.25) is 4.79 Å². The van der Waals surface area contributed by atoms with Crippen LogP contribution in [0.15, 0.2) is 0 Å². The van der Waals surface area contributed by atoms with Gasteiger partial charge in [0.1, 0.15) is 0 Å². The summed E-state index contributed by atoms with van der Waals surface area (Å²) < 4.78 is 5.22. The first kappa shape index (κ1) is 12.5. The summed E-state index contributed by atoms with van der Waals surface area (Å²) in [6, 6.07) is 0. The Kier molecular flexibility index (Phi) is 4.11. The zero-order chi connectivity index (χ0) is 11.5. The van der Waals surface area contributed by atoms with E-state index in [4.69, 9.17) is 9.84 Å². The molecule has 1 amide bonds. The Morgan fingerprint density at radius 2 is 2.27 bits per heavy atom. The highest BCUT2D eigenvalue weighted by Gasteiger charge is 2.29. The van der Waals surface area contributed by atoms with Crippen molar-refractivity contribution in [3.63, 3.8) is 0 Å². The van der Waals surface area contributed by atoms with E-state index in [1.165, 1.54) is 0 Å². The molecule has 15 heavy (non-hydrogen) atoms. The Hall–Kier alpha value is -0.610. The molecule has 0 radical (unpaired) electrons. The normalized spacial score (nSPS) is 22.1. The van der Waals surface area contributed by atoms with Gasteiger partial charge >= 0.3 is 0 Å². The summed E-state index contributed by atoms with van der Waals surface area (Å²) in [7, 11) is 1.62. The van der Waals surface area contributed by atoms with Crippen LogP contribution >= 0.6 is 0 Å². The maximum absolute atomic E-state index is 11.8. The molecule has 0 bridgehead atoms. The summed E-state index contributed by atoms with van der Waals surface area (Å²) in [4.78, 5) is 13.7. The SMILES string of the molecule is COC(C)(C)CC(=O)N1CCC(CO)C1. The molecule has 1 aliphatic heterocycles. The quantitative estimate of drug-likeness (QED) is 0.749. The smallest absolute Gasteiger partial charge is 0.225 e. The summed E-state index contributed by atoms with van der Waals surface area (Å²) in [6.07, 6.45) is 1.32. The molecule has 1 fully saturated rings. The van der Waals surface area contributed by atoms with Crippen molar-refractivity contribution in [2.45, 2.75) is 32.3 Å². The lowest BCUT2D eigenvalue weighted by molar-refractivity contribution is -0.135. The van der Waals surface area contributed by atoms with Gasteiger partial charge < -0.3 is 14.7 Å². The lowest BCUT2D eigenvalue weighted by Gasteiger charge is -2.25. The molecule has 0 aromatic heterocycles. The number of likely N-dealkylation sites (tertiary alicyclic amines) is 1. The van der Waals surface area contributed by atoms with Crippen molar-refractivity contribution >= 4 is 5.91 Å². The van der Waals surface area contributed by atoms with E-state index in [1.54, 1.807) is 7.11 Å². The first-order chi connectivity index (χ1) is 6.98. The van der Waals surface area contributed by atoms with Crippen LogP contribution in [0.1, 0.15) is 26.7 Å². The summed E-state index contributed by atoms with van der Waals surface area (Å²) in [5.74, 6) is 0.386. The van der Waals surface area contributed by atoms with Gasteiger partial charge in [0.05, 0.1) is 12.0 Å². The predicted molar refractivity (Wildman–Crippen MR) is 57.5 cm³/mol. The van der Waals surface area contributed by atoms with E-state index in [-0.39, 0.29) is 18.4 Å². The Morgan fingerprint density at radius 1 is 1.60 bits per heavy atom. The van der Waals surface area contributed by atoms with E-state index in [0.29, 0.717) is 13.0 Å². The van der Waals surface area contributed by atoms with Crippen LogP contribution in [0, 0.1) is 5.92 Å². The molecule has 1 aliphatic rings. The number of nitrogens with zero attached hydrogens (tertiary/aromatic N) is 1. The maximum atomic E-state index is 11.8. The third-order valence-corrected chi connectivity index (χ3v) is 3.03. The molecule has 0 aromatic carbocycles. The minimum atomic E-state index is -0.394. The standard InChI is InChI=1S/C11H21NO3/c1-11(2,15-3)6-10(14)12-5-4-9(7-12)8-13/h9,13H,4-8H2,1-3H3. The number of aliphatic hydroxyl groups is 1. The molecule has 1 saturated heterocycles. The number of methoxy groups -OCH3 is 1. The number of carbonyl (C=O) groups is 1. The summed E-state index contributed by atoms with van der Waals surface area (Å²) in [6.45, 7) is 5.45. The van der Waals surface area contributed by atoms with Crippen LogP contribution in [0.5, 0.6) is 0 Å². The van der Waals surface area contributed by atoms with Crippen LogP contribution in [0.2, 0.25) is 0 Å². The molecule has 1 N–H and O–H groups in total. The molecule has 4 heteroatoms. The lowest BCUT2D eigenvalue weighted by atomic mass is 10.0. The van der Waals surface area contributed by atoms with Gasteiger partial charge in [-0.1, -0.05) is 0 Å². The van der Waals surface area contributed by atoms with Crippen LogP contribution in [-0.2, 0) is 9.53 Å². The molecule has 88 valence electrons. The number of aliphatic hydroxyl groups excluding tert-OH is 1. The highest BCUT2D eigenvalue weighted by Crippen LogP contribution is 2.20. The third-order valence-electron chi connectivity index (χ3n) is 3.03. The van der Waals surface area contributed by atoms with E-state index in [1.807, 2.05) is 18.7 Å². The van der Waals surface area contributed by atoms with Crippen molar-refractivity contribution in [1.29, 1.82) is 0 Å². The molecule has 1 atom stereocenters. The molecule has 0 spiro atoms. The first-order valence-electron chi connectivity index (χ1n) is 5.42. The fraction of sp³-hybridized carbons (Fsp3) is 0.909. The van der Waals surface area contributed by atoms with E-state index in [9.17, 15) is 4.79 Å². The lowest BCUT2D eigenvalue weighted by Crippen LogP contribution is -2.36. The minimum absolute atomic E-state index is 0.123. The molecule has 4 nitrogen and oxygen atoms in total. The molecular formula is C11H21NO3. The van der Waals surface area contributed by atoms with Crippen molar-refractivity contribution in [1.82, 2.24) is 4.90 Å². The average molecular weight is 215 g/mol. The van der Waals surface area contributed by atoms with Crippen LogP contribution in [0.4, 0.5) is 0 Å². The van der Waals surface area contributed by atoms with Crippen molar-refractivity contribution in [3.8, 4) is 0 Å². The number of carbonyl (C=O) groups excluding carboxylic acids is 1.